The molecule has 0 saturated heterocycles. The number of halogens is 1. The fraction of sp³-hybridized carbons (Fsp3) is 0.267. The van der Waals surface area contributed by atoms with Crippen molar-refractivity contribution >= 4 is 17.3 Å². The summed E-state index contributed by atoms with van der Waals surface area (Å²) in [7, 11) is 0. The SMILES string of the molecule is Cc1cc(NCc2cccc3c2OCCO3)cnc1Cl. The molecule has 104 valence electrons. The molecule has 20 heavy (non-hydrogen) atoms. The number of nitrogens with zero attached hydrogens (tertiary/aromatic N) is 1. The standard InChI is InChI=1S/C15H15ClN2O2/c1-10-7-12(9-18-15(10)16)17-8-11-3-2-4-13-14(11)20-6-5-19-13/h2-4,7,9,17H,5-6,8H2,1H3. The summed E-state index contributed by atoms with van der Waals surface area (Å²) in [6.45, 7) is 3.77. The summed E-state index contributed by atoms with van der Waals surface area (Å²) >= 11 is 5.92. The van der Waals surface area contributed by atoms with Crippen LogP contribution in [0.5, 0.6) is 11.5 Å². The van der Waals surface area contributed by atoms with Gasteiger partial charge in [-0.3, -0.25) is 0 Å². The molecule has 0 amide bonds. The van der Waals surface area contributed by atoms with Crippen LogP contribution >= 0.6 is 11.6 Å². The highest BCUT2D eigenvalue weighted by Crippen LogP contribution is 2.34. The molecule has 0 atom stereocenters. The monoisotopic (exact) mass is 290 g/mol. The van der Waals surface area contributed by atoms with Gasteiger partial charge in [0.25, 0.3) is 0 Å². The zero-order valence-corrected chi connectivity index (χ0v) is 11.9. The van der Waals surface area contributed by atoms with Crippen LogP contribution in [0, 0.1) is 6.92 Å². The van der Waals surface area contributed by atoms with Crippen LogP contribution in [0.3, 0.4) is 0 Å². The van der Waals surface area contributed by atoms with Gasteiger partial charge in [-0.15, -0.1) is 0 Å². The third-order valence-electron chi connectivity index (χ3n) is 3.15. The van der Waals surface area contributed by atoms with Crippen LogP contribution in [0.4, 0.5) is 5.69 Å². The highest BCUT2D eigenvalue weighted by molar-refractivity contribution is 6.30. The average molecular weight is 291 g/mol. The second-order valence-corrected chi connectivity index (χ2v) is 4.98. The predicted octanol–water partition coefficient (Wildman–Crippen LogP) is 3.43. The normalized spacial score (nSPS) is 13.1. The molecule has 1 aromatic carbocycles. The number of ether oxygens (including phenoxy) is 2. The Kier molecular flexibility index (Phi) is 3.65. The molecule has 3 rings (SSSR count). The molecule has 4 nitrogen and oxygen atoms in total. The first kappa shape index (κ1) is 13.1. The van der Waals surface area contributed by atoms with E-state index in [1.165, 1.54) is 0 Å². The Morgan fingerprint density at radius 2 is 2.15 bits per heavy atom. The van der Waals surface area contributed by atoms with Crippen molar-refractivity contribution in [2.24, 2.45) is 0 Å². The third kappa shape index (κ3) is 2.65. The van der Waals surface area contributed by atoms with Gasteiger partial charge in [0.1, 0.15) is 18.4 Å². The molecule has 1 N–H and O–H groups in total. The van der Waals surface area contributed by atoms with Gasteiger partial charge in [0, 0.05) is 12.1 Å². The van der Waals surface area contributed by atoms with E-state index in [9.17, 15) is 0 Å². The Morgan fingerprint density at radius 3 is 3.00 bits per heavy atom. The number of hydrogen-bond acceptors (Lipinski definition) is 4. The van der Waals surface area contributed by atoms with Crippen molar-refractivity contribution < 1.29 is 9.47 Å². The highest BCUT2D eigenvalue weighted by atomic mass is 35.5. The van der Waals surface area contributed by atoms with E-state index in [1.807, 2.05) is 31.2 Å². The van der Waals surface area contributed by atoms with Gasteiger partial charge < -0.3 is 14.8 Å². The summed E-state index contributed by atoms with van der Waals surface area (Å²) in [6, 6.07) is 7.89. The van der Waals surface area contributed by atoms with E-state index in [4.69, 9.17) is 21.1 Å². The number of nitrogens with one attached hydrogen (secondary N) is 1. The van der Waals surface area contributed by atoms with Crippen LogP contribution < -0.4 is 14.8 Å². The van der Waals surface area contributed by atoms with Gasteiger partial charge in [-0.25, -0.2) is 4.98 Å². The van der Waals surface area contributed by atoms with Gasteiger partial charge in [-0.05, 0) is 24.6 Å². The van der Waals surface area contributed by atoms with Crippen molar-refractivity contribution in [3.63, 3.8) is 0 Å². The average Bonchev–Trinajstić information content (AvgIpc) is 2.48. The van der Waals surface area contributed by atoms with Crippen LogP contribution in [0.15, 0.2) is 30.5 Å². The van der Waals surface area contributed by atoms with Crippen molar-refractivity contribution in [3.8, 4) is 11.5 Å². The van der Waals surface area contributed by atoms with Gasteiger partial charge in [0.2, 0.25) is 0 Å². The number of benzene rings is 1. The molecule has 2 heterocycles. The van der Waals surface area contributed by atoms with E-state index in [1.54, 1.807) is 6.20 Å². The number of hydrogen-bond donors (Lipinski definition) is 1. The van der Waals surface area contributed by atoms with Gasteiger partial charge in [-0.2, -0.15) is 0 Å². The molecule has 0 bridgehead atoms. The quantitative estimate of drug-likeness (QED) is 0.880. The maximum atomic E-state index is 5.92. The van der Waals surface area contributed by atoms with Crippen molar-refractivity contribution in [2.45, 2.75) is 13.5 Å². The number of pyridine rings is 1. The lowest BCUT2D eigenvalue weighted by Gasteiger charge is -2.21. The van der Waals surface area contributed by atoms with Crippen LogP contribution in [0.2, 0.25) is 5.15 Å². The molecular weight excluding hydrogens is 276 g/mol. The van der Waals surface area contributed by atoms with Crippen LogP contribution in [0.25, 0.3) is 0 Å². The number of rotatable bonds is 3. The Morgan fingerprint density at radius 1 is 1.30 bits per heavy atom. The fourth-order valence-corrected chi connectivity index (χ4v) is 2.23. The molecule has 1 aliphatic heterocycles. The lowest BCUT2D eigenvalue weighted by molar-refractivity contribution is 0.170. The maximum absolute atomic E-state index is 5.92. The minimum Gasteiger partial charge on any atom is -0.486 e. The minimum atomic E-state index is 0.532. The second-order valence-electron chi connectivity index (χ2n) is 4.63. The summed E-state index contributed by atoms with van der Waals surface area (Å²) < 4.78 is 11.3. The number of para-hydroxylation sites is 1. The molecule has 0 fully saturated rings. The molecule has 0 radical (unpaired) electrons. The first-order valence-electron chi connectivity index (χ1n) is 6.47. The Labute approximate surface area is 122 Å². The molecule has 0 aliphatic carbocycles. The smallest absolute Gasteiger partial charge is 0.166 e. The van der Waals surface area contributed by atoms with Crippen LogP contribution in [-0.2, 0) is 6.54 Å². The molecular formula is C15H15ClN2O2. The summed E-state index contributed by atoms with van der Waals surface area (Å²) in [4.78, 5) is 4.13. The molecule has 2 aromatic rings. The maximum Gasteiger partial charge on any atom is 0.166 e. The third-order valence-corrected chi connectivity index (χ3v) is 3.54. The molecule has 0 spiro atoms. The van der Waals surface area contributed by atoms with Crippen molar-refractivity contribution in [1.82, 2.24) is 4.98 Å². The van der Waals surface area contributed by atoms with E-state index in [0.29, 0.717) is 24.9 Å². The summed E-state index contributed by atoms with van der Waals surface area (Å²) in [5.74, 6) is 1.63. The van der Waals surface area contributed by atoms with Crippen LogP contribution in [-0.4, -0.2) is 18.2 Å². The minimum absolute atomic E-state index is 0.532. The first-order chi connectivity index (χ1) is 9.74. The molecule has 0 unspecified atom stereocenters. The second kappa shape index (κ2) is 5.59. The predicted molar refractivity (Wildman–Crippen MR) is 78.7 cm³/mol. The van der Waals surface area contributed by atoms with E-state index in [0.717, 1.165) is 28.3 Å². The first-order valence-corrected chi connectivity index (χ1v) is 6.85. The zero-order chi connectivity index (χ0) is 13.9. The summed E-state index contributed by atoms with van der Waals surface area (Å²) in [5, 5.41) is 3.85. The Hall–Kier alpha value is -1.94. The van der Waals surface area contributed by atoms with E-state index < -0.39 is 0 Å². The van der Waals surface area contributed by atoms with E-state index >= 15 is 0 Å². The Balaban J connectivity index is 1.76. The summed E-state index contributed by atoms with van der Waals surface area (Å²) in [6.07, 6.45) is 1.72. The summed E-state index contributed by atoms with van der Waals surface area (Å²) in [5.41, 5.74) is 2.95. The lowest BCUT2D eigenvalue weighted by Crippen LogP contribution is -2.17. The van der Waals surface area contributed by atoms with Gasteiger partial charge in [0.05, 0.1) is 11.9 Å². The molecule has 0 saturated carbocycles. The highest BCUT2D eigenvalue weighted by Gasteiger charge is 2.15. The van der Waals surface area contributed by atoms with E-state index in [2.05, 4.69) is 10.3 Å². The number of anilines is 1. The number of aromatic nitrogens is 1. The van der Waals surface area contributed by atoms with Crippen molar-refractivity contribution in [3.05, 3.63) is 46.7 Å². The molecule has 1 aromatic heterocycles. The van der Waals surface area contributed by atoms with Gasteiger partial charge in [-0.1, -0.05) is 23.7 Å². The number of aryl methyl sites for hydroxylation is 1. The fourth-order valence-electron chi connectivity index (χ4n) is 2.13. The largest absolute Gasteiger partial charge is 0.486 e. The Bertz CT molecular complexity index is 631. The van der Waals surface area contributed by atoms with Gasteiger partial charge in [0.15, 0.2) is 11.5 Å². The molecule has 5 heteroatoms. The van der Waals surface area contributed by atoms with E-state index in [-0.39, 0.29) is 0 Å². The van der Waals surface area contributed by atoms with Gasteiger partial charge >= 0.3 is 0 Å². The van der Waals surface area contributed by atoms with Crippen molar-refractivity contribution in [2.75, 3.05) is 18.5 Å². The molecule has 1 aliphatic rings. The number of fused-ring (bicyclic) bond motifs is 1. The van der Waals surface area contributed by atoms with Crippen molar-refractivity contribution in [1.29, 1.82) is 0 Å². The zero-order valence-electron chi connectivity index (χ0n) is 11.1. The van der Waals surface area contributed by atoms with Crippen LogP contribution in [0.1, 0.15) is 11.1 Å². The lowest BCUT2D eigenvalue weighted by atomic mass is 10.1. The topological polar surface area (TPSA) is 43.4 Å².